The molecule has 1 aromatic carbocycles. The summed E-state index contributed by atoms with van der Waals surface area (Å²) in [6, 6.07) is 9.32. The predicted octanol–water partition coefficient (Wildman–Crippen LogP) is 5.10. The number of alkyl halides is 3. The summed E-state index contributed by atoms with van der Waals surface area (Å²) < 4.78 is 45.8. The Kier molecular flexibility index (Phi) is 7.29. The minimum Gasteiger partial charge on any atom is -0.378 e. The maximum Gasteiger partial charge on any atom is 0.389 e. The molecule has 2 aliphatic rings. The number of rotatable bonds is 5. The van der Waals surface area contributed by atoms with Crippen LogP contribution in [0.4, 0.5) is 29.5 Å². The molecule has 0 bridgehead atoms. The Morgan fingerprint density at radius 1 is 1.16 bits per heavy atom. The van der Waals surface area contributed by atoms with Crippen molar-refractivity contribution >= 4 is 17.5 Å². The molecule has 4 heterocycles. The van der Waals surface area contributed by atoms with Crippen LogP contribution in [0, 0.1) is 12.8 Å². The van der Waals surface area contributed by atoms with E-state index >= 15 is 0 Å². The number of hydrogen-bond acceptors (Lipinski definition) is 5. The number of carbonyl (C=O) groups excluding carboxylic acids is 1. The van der Waals surface area contributed by atoms with Crippen LogP contribution in [0.3, 0.4) is 0 Å². The largest absolute Gasteiger partial charge is 0.389 e. The standard InChI is InChI=1S/C27H31F3N6O2/c1-18-3-4-21(32-26(37)36-6-5-19(16-36)14-27(28,29)30)13-22(18)20-11-23(24-15-31-17-34(24)2)33-25(12-20)35-7-9-38-10-8-35/h3-4,11-13,15,17,19H,5-10,14,16H2,1-2H3,(H,32,37). The van der Waals surface area contributed by atoms with Crippen molar-refractivity contribution in [1.82, 2.24) is 19.4 Å². The Labute approximate surface area is 219 Å². The molecular formula is C27H31F3N6O2. The lowest BCUT2D eigenvalue weighted by Gasteiger charge is -2.28. The second kappa shape index (κ2) is 10.6. The summed E-state index contributed by atoms with van der Waals surface area (Å²) >= 11 is 0. The van der Waals surface area contributed by atoms with E-state index in [0.29, 0.717) is 31.9 Å². The van der Waals surface area contributed by atoms with Crippen LogP contribution in [0.2, 0.25) is 0 Å². The highest BCUT2D eigenvalue weighted by atomic mass is 19.4. The fourth-order valence-corrected chi connectivity index (χ4v) is 5.09. The first kappa shape index (κ1) is 26.0. The van der Waals surface area contributed by atoms with E-state index < -0.39 is 18.5 Å². The number of aryl methyl sites for hydroxylation is 2. The molecule has 2 amide bonds. The lowest BCUT2D eigenvalue weighted by molar-refractivity contribution is -0.143. The Balaban J connectivity index is 1.41. The van der Waals surface area contributed by atoms with E-state index in [1.54, 1.807) is 12.5 Å². The summed E-state index contributed by atoms with van der Waals surface area (Å²) in [6.45, 7) is 5.16. The quantitative estimate of drug-likeness (QED) is 0.499. The molecule has 2 fully saturated rings. The number of hydrogen-bond donors (Lipinski definition) is 1. The van der Waals surface area contributed by atoms with E-state index in [2.05, 4.69) is 15.2 Å². The fraction of sp³-hybridized carbons (Fsp3) is 0.444. The normalized spacial score (nSPS) is 18.2. The van der Waals surface area contributed by atoms with Crippen molar-refractivity contribution < 1.29 is 22.7 Å². The van der Waals surface area contributed by atoms with Crippen LogP contribution in [0.25, 0.3) is 22.5 Å². The Morgan fingerprint density at radius 3 is 2.66 bits per heavy atom. The van der Waals surface area contributed by atoms with Crippen molar-refractivity contribution in [2.45, 2.75) is 25.9 Å². The third-order valence-electron chi connectivity index (χ3n) is 7.12. The van der Waals surface area contributed by atoms with Crippen LogP contribution in [0.1, 0.15) is 18.4 Å². The molecular weight excluding hydrogens is 497 g/mol. The van der Waals surface area contributed by atoms with Crippen LogP contribution in [0.5, 0.6) is 0 Å². The highest BCUT2D eigenvalue weighted by Crippen LogP contribution is 2.34. The number of carbonyl (C=O) groups is 1. The molecule has 2 saturated heterocycles. The maximum absolute atomic E-state index is 12.9. The zero-order valence-electron chi connectivity index (χ0n) is 21.5. The Bertz CT molecular complexity index is 1300. The van der Waals surface area contributed by atoms with Gasteiger partial charge in [-0.2, -0.15) is 13.2 Å². The molecule has 8 nitrogen and oxygen atoms in total. The molecule has 0 radical (unpaired) electrons. The molecule has 202 valence electrons. The molecule has 38 heavy (non-hydrogen) atoms. The molecule has 0 spiro atoms. The Hall–Kier alpha value is -3.60. The number of pyridine rings is 1. The first-order chi connectivity index (χ1) is 18.2. The van der Waals surface area contributed by atoms with Crippen molar-refractivity contribution in [1.29, 1.82) is 0 Å². The van der Waals surface area contributed by atoms with Gasteiger partial charge in [-0.05, 0) is 60.2 Å². The Morgan fingerprint density at radius 2 is 1.95 bits per heavy atom. The number of likely N-dealkylation sites (tertiary alicyclic amines) is 1. The lowest BCUT2D eigenvalue weighted by atomic mass is 9.99. The van der Waals surface area contributed by atoms with Gasteiger partial charge < -0.3 is 24.4 Å². The van der Waals surface area contributed by atoms with E-state index in [0.717, 1.165) is 47.0 Å². The summed E-state index contributed by atoms with van der Waals surface area (Å²) in [5.41, 5.74) is 5.14. The number of aromatic nitrogens is 3. The van der Waals surface area contributed by atoms with Crippen LogP contribution >= 0.6 is 0 Å². The lowest BCUT2D eigenvalue weighted by Crippen LogP contribution is -2.36. The molecule has 5 rings (SSSR count). The number of nitrogens with one attached hydrogen (secondary N) is 1. The zero-order valence-corrected chi connectivity index (χ0v) is 21.5. The number of benzene rings is 1. The first-order valence-corrected chi connectivity index (χ1v) is 12.7. The third kappa shape index (κ3) is 5.93. The van der Waals surface area contributed by atoms with E-state index in [9.17, 15) is 18.0 Å². The van der Waals surface area contributed by atoms with Gasteiger partial charge in [0.25, 0.3) is 0 Å². The van der Waals surface area contributed by atoms with Gasteiger partial charge in [-0.1, -0.05) is 6.07 Å². The van der Waals surface area contributed by atoms with Gasteiger partial charge in [0, 0.05) is 45.3 Å². The van der Waals surface area contributed by atoms with Crippen molar-refractivity contribution in [2.24, 2.45) is 13.0 Å². The van der Waals surface area contributed by atoms with Gasteiger partial charge in [-0.15, -0.1) is 0 Å². The van der Waals surface area contributed by atoms with E-state index in [1.807, 2.05) is 48.9 Å². The summed E-state index contributed by atoms with van der Waals surface area (Å²) in [4.78, 5) is 25.7. The minimum atomic E-state index is -4.22. The SMILES string of the molecule is Cc1ccc(NC(=O)N2CCC(CC(F)(F)F)C2)cc1-c1cc(-c2cncn2C)nc(N2CCOCC2)c1. The van der Waals surface area contributed by atoms with Crippen LogP contribution in [0.15, 0.2) is 42.9 Å². The van der Waals surface area contributed by atoms with E-state index in [4.69, 9.17) is 9.72 Å². The zero-order chi connectivity index (χ0) is 26.9. The average molecular weight is 529 g/mol. The van der Waals surface area contributed by atoms with Crippen molar-refractivity contribution in [3.05, 3.63) is 48.4 Å². The van der Waals surface area contributed by atoms with Crippen molar-refractivity contribution in [2.75, 3.05) is 49.6 Å². The number of amides is 2. The molecule has 3 aromatic rings. The van der Waals surface area contributed by atoms with E-state index in [1.165, 1.54) is 4.90 Å². The molecule has 2 aliphatic heterocycles. The van der Waals surface area contributed by atoms with Crippen molar-refractivity contribution in [3.63, 3.8) is 0 Å². The molecule has 11 heteroatoms. The van der Waals surface area contributed by atoms with Gasteiger partial charge in [0.1, 0.15) is 5.82 Å². The van der Waals surface area contributed by atoms with Crippen molar-refractivity contribution in [3.8, 4) is 22.5 Å². The smallest absolute Gasteiger partial charge is 0.378 e. The number of halogens is 3. The minimum absolute atomic E-state index is 0.103. The average Bonchev–Trinajstić information content (AvgIpc) is 3.53. The van der Waals surface area contributed by atoms with Gasteiger partial charge in [-0.25, -0.2) is 14.8 Å². The first-order valence-electron chi connectivity index (χ1n) is 12.7. The second-order valence-electron chi connectivity index (χ2n) is 9.97. The summed E-state index contributed by atoms with van der Waals surface area (Å²) in [5, 5.41) is 2.88. The van der Waals surface area contributed by atoms with Crippen LogP contribution in [-0.4, -0.2) is 71.0 Å². The van der Waals surface area contributed by atoms with Gasteiger partial charge in [0.05, 0.1) is 37.1 Å². The molecule has 1 atom stereocenters. The second-order valence-corrected chi connectivity index (χ2v) is 9.97. The summed E-state index contributed by atoms with van der Waals surface area (Å²) in [6.07, 6.45) is -1.22. The summed E-state index contributed by atoms with van der Waals surface area (Å²) in [5.74, 6) is 0.277. The highest BCUT2D eigenvalue weighted by Gasteiger charge is 2.36. The number of urea groups is 1. The van der Waals surface area contributed by atoms with E-state index in [-0.39, 0.29) is 12.6 Å². The molecule has 2 aromatic heterocycles. The number of imidazole rings is 1. The number of ether oxygens (including phenoxy) is 1. The molecule has 1 N–H and O–H groups in total. The van der Waals surface area contributed by atoms with Gasteiger partial charge in [-0.3, -0.25) is 0 Å². The number of nitrogens with zero attached hydrogens (tertiary/aromatic N) is 5. The van der Waals surface area contributed by atoms with Crippen LogP contribution < -0.4 is 10.2 Å². The highest BCUT2D eigenvalue weighted by molar-refractivity contribution is 5.91. The monoisotopic (exact) mass is 528 g/mol. The topological polar surface area (TPSA) is 75.5 Å². The molecule has 0 aliphatic carbocycles. The number of anilines is 2. The van der Waals surface area contributed by atoms with Gasteiger partial charge >= 0.3 is 12.2 Å². The maximum atomic E-state index is 12.9. The molecule has 0 saturated carbocycles. The molecule has 1 unspecified atom stereocenters. The number of morpholine rings is 1. The summed E-state index contributed by atoms with van der Waals surface area (Å²) in [7, 11) is 1.92. The predicted molar refractivity (Wildman–Crippen MR) is 139 cm³/mol. The fourth-order valence-electron chi connectivity index (χ4n) is 5.09. The van der Waals surface area contributed by atoms with Gasteiger partial charge in [0.2, 0.25) is 0 Å². The van der Waals surface area contributed by atoms with Gasteiger partial charge in [0.15, 0.2) is 0 Å². The van der Waals surface area contributed by atoms with Crippen LogP contribution in [-0.2, 0) is 11.8 Å². The third-order valence-corrected chi connectivity index (χ3v) is 7.12.